The van der Waals surface area contributed by atoms with Gasteiger partial charge in [-0.1, -0.05) is 48.0 Å². The zero-order valence-electron chi connectivity index (χ0n) is 11.3. The maximum absolute atomic E-state index is 11.8. The Labute approximate surface area is 118 Å². The van der Waals surface area contributed by atoms with Crippen LogP contribution in [-0.2, 0) is 0 Å². The molecule has 2 aromatic rings. The van der Waals surface area contributed by atoms with Gasteiger partial charge >= 0.3 is 0 Å². The van der Waals surface area contributed by atoms with E-state index in [9.17, 15) is 9.90 Å². The second kappa shape index (κ2) is 5.10. The molecule has 102 valence electrons. The van der Waals surface area contributed by atoms with Crippen LogP contribution in [0.3, 0.4) is 0 Å². The SMILES string of the molecule is Cc1ccc([C@H](O)C[C@@H]2NC(=O)c3ccccc32)cc1. The number of hydrogen-bond donors (Lipinski definition) is 2. The Morgan fingerprint density at radius 1 is 1.15 bits per heavy atom. The van der Waals surface area contributed by atoms with Crippen molar-refractivity contribution >= 4 is 5.91 Å². The number of aliphatic hydroxyl groups is 1. The van der Waals surface area contributed by atoms with Gasteiger partial charge in [-0.2, -0.15) is 0 Å². The molecule has 0 spiro atoms. The van der Waals surface area contributed by atoms with E-state index in [0.29, 0.717) is 12.0 Å². The molecule has 20 heavy (non-hydrogen) atoms. The van der Waals surface area contributed by atoms with Gasteiger partial charge in [0, 0.05) is 12.0 Å². The molecular formula is C17H17NO2. The third-order valence-electron chi connectivity index (χ3n) is 3.81. The van der Waals surface area contributed by atoms with E-state index >= 15 is 0 Å². The first kappa shape index (κ1) is 12.9. The molecule has 3 nitrogen and oxygen atoms in total. The van der Waals surface area contributed by atoms with Gasteiger partial charge in [-0.3, -0.25) is 4.79 Å². The van der Waals surface area contributed by atoms with E-state index in [-0.39, 0.29) is 11.9 Å². The summed E-state index contributed by atoms with van der Waals surface area (Å²) in [6.45, 7) is 2.02. The van der Waals surface area contributed by atoms with Crippen molar-refractivity contribution in [2.45, 2.75) is 25.5 Å². The van der Waals surface area contributed by atoms with E-state index in [1.54, 1.807) is 0 Å². The number of carbonyl (C=O) groups excluding carboxylic acids is 1. The molecule has 0 aromatic heterocycles. The van der Waals surface area contributed by atoms with Gasteiger partial charge in [0.25, 0.3) is 5.91 Å². The molecule has 0 aliphatic carbocycles. The van der Waals surface area contributed by atoms with Crippen LogP contribution in [0.4, 0.5) is 0 Å². The predicted octanol–water partition coefficient (Wildman–Crippen LogP) is 2.90. The van der Waals surface area contributed by atoms with E-state index in [4.69, 9.17) is 0 Å². The van der Waals surface area contributed by atoms with Crippen molar-refractivity contribution in [1.29, 1.82) is 0 Å². The predicted molar refractivity (Wildman–Crippen MR) is 77.4 cm³/mol. The van der Waals surface area contributed by atoms with Crippen LogP contribution in [0.2, 0.25) is 0 Å². The molecule has 0 saturated carbocycles. The average molecular weight is 267 g/mol. The highest BCUT2D eigenvalue weighted by atomic mass is 16.3. The fourth-order valence-corrected chi connectivity index (χ4v) is 2.66. The van der Waals surface area contributed by atoms with Crippen LogP contribution >= 0.6 is 0 Å². The number of aryl methyl sites for hydroxylation is 1. The molecule has 0 bridgehead atoms. The summed E-state index contributed by atoms with van der Waals surface area (Å²) >= 11 is 0. The summed E-state index contributed by atoms with van der Waals surface area (Å²) in [5.74, 6) is -0.0540. The average Bonchev–Trinajstić information content (AvgIpc) is 2.77. The van der Waals surface area contributed by atoms with Gasteiger partial charge in [0.2, 0.25) is 0 Å². The number of aliphatic hydroxyl groups excluding tert-OH is 1. The number of fused-ring (bicyclic) bond motifs is 1. The third kappa shape index (κ3) is 2.32. The first-order valence-electron chi connectivity index (χ1n) is 6.79. The van der Waals surface area contributed by atoms with E-state index in [1.165, 1.54) is 5.56 Å². The van der Waals surface area contributed by atoms with Gasteiger partial charge in [0.05, 0.1) is 12.1 Å². The van der Waals surface area contributed by atoms with Gasteiger partial charge in [-0.25, -0.2) is 0 Å². The monoisotopic (exact) mass is 267 g/mol. The number of rotatable bonds is 3. The minimum atomic E-state index is -0.577. The lowest BCUT2D eigenvalue weighted by molar-refractivity contribution is 0.0938. The van der Waals surface area contributed by atoms with Crippen LogP contribution in [0.25, 0.3) is 0 Å². The molecule has 1 aliphatic heterocycles. The fourth-order valence-electron chi connectivity index (χ4n) is 2.66. The van der Waals surface area contributed by atoms with E-state index in [0.717, 1.165) is 11.1 Å². The Morgan fingerprint density at radius 3 is 2.60 bits per heavy atom. The second-order valence-electron chi connectivity index (χ2n) is 5.28. The van der Waals surface area contributed by atoms with Crippen molar-refractivity contribution in [2.24, 2.45) is 0 Å². The largest absolute Gasteiger partial charge is 0.388 e. The van der Waals surface area contributed by atoms with Gasteiger partial charge in [-0.05, 0) is 24.1 Å². The van der Waals surface area contributed by atoms with Gasteiger partial charge in [0.1, 0.15) is 0 Å². The molecule has 2 aromatic carbocycles. The third-order valence-corrected chi connectivity index (χ3v) is 3.81. The Bertz CT molecular complexity index is 634. The number of amides is 1. The Balaban J connectivity index is 1.79. The topological polar surface area (TPSA) is 49.3 Å². The molecule has 1 heterocycles. The van der Waals surface area contributed by atoms with Crippen LogP contribution in [0.5, 0.6) is 0 Å². The zero-order valence-corrected chi connectivity index (χ0v) is 11.3. The summed E-state index contributed by atoms with van der Waals surface area (Å²) in [5.41, 5.74) is 3.74. The highest BCUT2D eigenvalue weighted by Gasteiger charge is 2.29. The molecular weight excluding hydrogens is 250 g/mol. The van der Waals surface area contributed by atoms with E-state index < -0.39 is 6.10 Å². The molecule has 1 aliphatic rings. The number of hydrogen-bond acceptors (Lipinski definition) is 2. The molecule has 0 radical (unpaired) electrons. The quantitative estimate of drug-likeness (QED) is 0.898. The Morgan fingerprint density at radius 2 is 1.85 bits per heavy atom. The van der Waals surface area contributed by atoms with Crippen LogP contribution in [0.1, 0.15) is 45.6 Å². The lowest BCUT2D eigenvalue weighted by Crippen LogP contribution is -2.20. The summed E-state index contributed by atoms with van der Waals surface area (Å²) in [6, 6.07) is 15.3. The smallest absolute Gasteiger partial charge is 0.252 e. The second-order valence-corrected chi connectivity index (χ2v) is 5.28. The lowest BCUT2D eigenvalue weighted by atomic mass is 9.96. The zero-order chi connectivity index (χ0) is 14.1. The summed E-state index contributed by atoms with van der Waals surface area (Å²) in [6.07, 6.45) is -0.0849. The normalized spacial score (nSPS) is 18.5. The molecule has 0 unspecified atom stereocenters. The maximum Gasteiger partial charge on any atom is 0.252 e. The highest BCUT2D eigenvalue weighted by molar-refractivity contribution is 5.99. The Hall–Kier alpha value is -2.13. The number of benzene rings is 2. The molecule has 0 saturated heterocycles. The van der Waals surface area contributed by atoms with Crippen LogP contribution in [0.15, 0.2) is 48.5 Å². The molecule has 2 atom stereocenters. The summed E-state index contributed by atoms with van der Waals surface area (Å²) in [5, 5.41) is 13.3. The molecule has 3 heteroatoms. The molecule has 3 rings (SSSR count). The van der Waals surface area contributed by atoms with Gasteiger partial charge < -0.3 is 10.4 Å². The lowest BCUT2D eigenvalue weighted by Gasteiger charge is -2.17. The van der Waals surface area contributed by atoms with Crippen molar-refractivity contribution in [3.8, 4) is 0 Å². The maximum atomic E-state index is 11.8. The summed E-state index contributed by atoms with van der Waals surface area (Å²) < 4.78 is 0. The van der Waals surface area contributed by atoms with E-state index in [1.807, 2.05) is 55.5 Å². The van der Waals surface area contributed by atoms with Crippen molar-refractivity contribution in [2.75, 3.05) is 0 Å². The molecule has 0 fully saturated rings. The molecule has 1 amide bonds. The van der Waals surface area contributed by atoms with Crippen LogP contribution in [-0.4, -0.2) is 11.0 Å². The van der Waals surface area contributed by atoms with Crippen LogP contribution in [0, 0.1) is 6.92 Å². The summed E-state index contributed by atoms with van der Waals surface area (Å²) in [4.78, 5) is 11.8. The minimum Gasteiger partial charge on any atom is -0.388 e. The van der Waals surface area contributed by atoms with Crippen LogP contribution < -0.4 is 5.32 Å². The number of carbonyl (C=O) groups is 1. The Kier molecular flexibility index (Phi) is 3.28. The van der Waals surface area contributed by atoms with Crippen molar-refractivity contribution in [3.63, 3.8) is 0 Å². The first-order chi connectivity index (χ1) is 9.65. The molecule has 2 N–H and O–H groups in total. The first-order valence-corrected chi connectivity index (χ1v) is 6.79. The van der Waals surface area contributed by atoms with Gasteiger partial charge in [-0.15, -0.1) is 0 Å². The minimum absolute atomic E-state index is 0.0540. The van der Waals surface area contributed by atoms with Crippen molar-refractivity contribution < 1.29 is 9.90 Å². The summed E-state index contributed by atoms with van der Waals surface area (Å²) in [7, 11) is 0. The van der Waals surface area contributed by atoms with E-state index in [2.05, 4.69) is 5.32 Å². The standard InChI is InChI=1S/C17H17NO2/c1-11-6-8-12(9-7-11)16(19)10-15-13-4-2-3-5-14(13)17(20)18-15/h2-9,15-16,19H,10H2,1H3,(H,18,20)/t15-,16+/m0/s1. The highest BCUT2D eigenvalue weighted by Crippen LogP contribution is 2.32. The van der Waals surface area contributed by atoms with Crippen molar-refractivity contribution in [1.82, 2.24) is 5.32 Å². The van der Waals surface area contributed by atoms with Crippen molar-refractivity contribution in [3.05, 3.63) is 70.8 Å². The van der Waals surface area contributed by atoms with Gasteiger partial charge in [0.15, 0.2) is 0 Å². The number of nitrogens with one attached hydrogen (secondary N) is 1. The fraction of sp³-hybridized carbons (Fsp3) is 0.235.